The zero-order valence-corrected chi connectivity index (χ0v) is 14.1. The molecule has 0 spiro atoms. The molecule has 1 heterocycles. The highest BCUT2D eigenvalue weighted by Gasteiger charge is 2.39. The highest BCUT2D eigenvalue weighted by molar-refractivity contribution is 7.89. The van der Waals surface area contributed by atoms with Crippen LogP contribution in [0.3, 0.4) is 0 Å². The van der Waals surface area contributed by atoms with Crippen LogP contribution in [0.1, 0.15) is 22.5 Å². The molecule has 1 saturated heterocycles. The summed E-state index contributed by atoms with van der Waals surface area (Å²) in [5.74, 6) is 0. The molecule has 6 heteroatoms. The summed E-state index contributed by atoms with van der Waals surface area (Å²) in [6.45, 7) is 1.38. The number of aliphatic hydroxyl groups excluding tert-OH is 1. The van der Waals surface area contributed by atoms with E-state index in [9.17, 15) is 13.5 Å². The van der Waals surface area contributed by atoms with E-state index in [1.54, 1.807) is 48.5 Å². The van der Waals surface area contributed by atoms with Crippen molar-refractivity contribution < 1.29 is 18.3 Å². The summed E-state index contributed by atoms with van der Waals surface area (Å²) in [6, 6.07) is 17.8. The van der Waals surface area contributed by atoms with E-state index in [1.165, 1.54) is 4.31 Å². The Labute approximate surface area is 142 Å². The molecule has 1 N–H and O–H groups in total. The van der Waals surface area contributed by atoms with Crippen LogP contribution in [-0.4, -0.2) is 44.1 Å². The first-order valence-electron chi connectivity index (χ1n) is 7.95. The normalized spacial score (nSPS) is 18.9. The first kappa shape index (κ1) is 17.1. The molecule has 0 radical (unpaired) electrons. The number of sulfonamides is 1. The van der Waals surface area contributed by atoms with Crippen molar-refractivity contribution in [3.63, 3.8) is 0 Å². The Morgan fingerprint density at radius 3 is 1.92 bits per heavy atom. The predicted octanol–water partition coefficient (Wildman–Crippen LogP) is 2.12. The summed E-state index contributed by atoms with van der Waals surface area (Å²) in [7, 11) is -3.72. The Morgan fingerprint density at radius 1 is 0.875 bits per heavy atom. The van der Waals surface area contributed by atoms with E-state index < -0.39 is 21.4 Å². The van der Waals surface area contributed by atoms with Gasteiger partial charge in [0.1, 0.15) is 11.4 Å². The zero-order chi connectivity index (χ0) is 17.0. The van der Waals surface area contributed by atoms with Crippen LogP contribution >= 0.6 is 0 Å². The second kappa shape index (κ2) is 7.44. The van der Waals surface area contributed by atoms with E-state index in [1.807, 2.05) is 12.1 Å². The second-order valence-electron chi connectivity index (χ2n) is 5.74. The first-order chi connectivity index (χ1) is 11.6. The van der Waals surface area contributed by atoms with Gasteiger partial charge >= 0.3 is 0 Å². The van der Waals surface area contributed by atoms with Crippen LogP contribution in [0.2, 0.25) is 0 Å². The van der Waals surface area contributed by atoms with Gasteiger partial charge in [-0.2, -0.15) is 4.31 Å². The van der Waals surface area contributed by atoms with Gasteiger partial charge in [0, 0.05) is 13.1 Å². The Bertz CT molecular complexity index is 743. The zero-order valence-electron chi connectivity index (χ0n) is 13.3. The Morgan fingerprint density at radius 2 is 1.38 bits per heavy atom. The summed E-state index contributed by atoms with van der Waals surface area (Å²) in [5.41, 5.74) is 1.17. The fraction of sp³-hybridized carbons (Fsp3) is 0.333. The molecule has 2 unspecified atom stereocenters. The topological polar surface area (TPSA) is 66.8 Å². The minimum atomic E-state index is -3.72. The van der Waals surface area contributed by atoms with E-state index in [4.69, 9.17) is 4.74 Å². The summed E-state index contributed by atoms with van der Waals surface area (Å²) in [4.78, 5) is 0. The lowest BCUT2D eigenvalue weighted by Crippen LogP contribution is -2.44. The lowest BCUT2D eigenvalue weighted by molar-refractivity contribution is 0.0709. The average molecular weight is 347 g/mol. The van der Waals surface area contributed by atoms with Crippen molar-refractivity contribution in [2.45, 2.75) is 11.4 Å². The predicted molar refractivity (Wildman–Crippen MR) is 91.9 cm³/mol. The van der Waals surface area contributed by atoms with Crippen LogP contribution in [0.5, 0.6) is 0 Å². The van der Waals surface area contributed by atoms with Gasteiger partial charge in [-0.05, 0) is 11.1 Å². The van der Waals surface area contributed by atoms with Crippen molar-refractivity contribution >= 4 is 10.0 Å². The second-order valence-corrected chi connectivity index (χ2v) is 7.80. The van der Waals surface area contributed by atoms with Crippen molar-refractivity contribution in [3.8, 4) is 0 Å². The Balaban J connectivity index is 2.02. The van der Waals surface area contributed by atoms with Crippen LogP contribution in [-0.2, 0) is 14.8 Å². The number of nitrogens with zero attached hydrogens (tertiary/aromatic N) is 1. The lowest BCUT2D eigenvalue weighted by atomic mass is 10.0. The third kappa shape index (κ3) is 3.52. The van der Waals surface area contributed by atoms with E-state index >= 15 is 0 Å². The number of ether oxygens (including phenoxy) is 1. The molecule has 0 bridgehead atoms. The maximum atomic E-state index is 13.2. The largest absolute Gasteiger partial charge is 0.387 e. The highest BCUT2D eigenvalue weighted by Crippen LogP contribution is 2.37. The van der Waals surface area contributed by atoms with Crippen LogP contribution in [0, 0.1) is 0 Å². The van der Waals surface area contributed by atoms with Gasteiger partial charge in [0.25, 0.3) is 0 Å². The van der Waals surface area contributed by atoms with Crippen molar-refractivity contribution in [1.29, 1.82) is 0 Å². The molecule has 0 amide bonds. The number of hydrogen-bond acceptors (Lipinski definition) is 4. The standard InChI is InChI=1S/C18H21NO4S/c20-17(15-7-3-1-4-8-15)18(16-9-5-2-6-10-16)24(21,22)19-11-13-23-14-12-19/h1-10,17-18,20H,11-14H2. The van der Waals surface area contributed by atoms with Gasteiger partial charge in [-0.15, -0.1) is 0 Å². The van der Waals surface area contributed by atoms with Crippen LogP contribution in [0.4, 0.5) is 0 Å². The monoisotopic (exact) mass is 347 g/mol. The molecule has 0 saturated carbocycles. The first-order valence-corrected chi connectivity index (χ1v) is 9.45. The van der Waals surface area contributed by atoms with Gasteiger partial charge in [0.05, 0.1) is 13.2 Å². The molecule has 1 fully saturated rings. The smallest absolute Gasteiger partial charge is 0.224 e. The fourth-order valence-electron chi connectivity index (χ4n) is 2.95. The van der Waals surface area contributed by atoms with E-state index in [0.717, 1.165) is 0 Å². The Kier molecular flexibility index (Phi) is 5.30. The molecule has 2 atom stereocenters. The molecular formula is C18H21NO4S. The molecule has 0 aromatic heterocycles. The molecule has 2 aromatic rings. The molecule has 5 nitrogen and oxygen atoms in total. The van der Waals surface area contributed by atoms with Gasteiger partial charge in [-0.3, -0.25) is 0 Å². The van der Waals surface area contributed by atoms with Crippen LogP contribution in [0.15, 0.2) is 60.7 Å². The average Bonchev–Trinajstić information content (AvgIpc) is 2.64. The molecule has 128 valence electrons. The number of aliphatic hydroxyl groups is 1. The van der Waals surface area contributed by atoms with Crippen LogP contribution in [0.25, 0.3) is 0 Å². The summed E-state index contributed by atoms with van der Waals surface area (Å²) < 4.78 is 33.1. The number of benzene rings is 2. The third-order valence-corrected chi connectivity index (χ3v) is 6.46. The molecule has 24 heavy (non-hydrogen) atoms. The Hall–Kier alpha value is -1.73. The van der Waals surface area contributed by atoms with Crippen molar-refractivity contribution in [2.75, 3.05) is 26.3 Å². The summed E-state index contributed by atoms with van der Waals surface area (Å²) >= 11 is 0. The molecule has 2 aromatic carbocycles. The van der Waals surface area contributed by atoms with Crippen LogP contribution < -0.4 is 0 Å². The lowest BCUT2D eigenvalue weighted by Gasteiger charge is -2.32. The molecule has 0 aliphatic carbocycles. The molecule has 1 aliphatic heterocycles. The SMILES string of the molecule is O=S(=O)(C(c1ccccc1)C(O)c1ccccc1)N1CCOCC1. The van der Waals surface area contributed by atoms with E-state index in [-0.39, 0.29) is 0 Å². The molecular weight excluding hydrogens is 326 g/mol. The highest BCUT2D eigenvalue weighted by atomic mass is 32.2. The maximum Gasteiger partial charge on any atom is 0.224 e. The van der Waals surface area contributed by atoms with Gasteiger partial charge in [0.15, 0.2) is 0 Å². The third-order valence-electron chi connectivity index (χ3n) is 4.21. The number of rotatable bonds is 5. The van der Waals surface area contributed by atoms with Crippen molar-refractivity contribution in [2.24, 2.45) is 0 Å². The van der Waals surface area contributed by atoms with Crippen molar-refractivity contribution in [3.05, 3.63) is 71.8 Å². The van der Waals surface area contributed by atoms with Crippen molar-refractivity contribution in [1.82, 2.24) is 4.31 Å². The minimum Gasteiger partial charge on any atom is -0.387 e. The quantitative estimate of drug-likeness (QED) is 0.900. The number of morpholine rings is 1. The van der Waals surface area contributed by atoms with Gasteiger partial charge < -0.3 is 9.84 Å². The van der Waals surface area contributed by atoms with Gasteiger partial charge in [-0.25, -0.2) is 8.42 Å². The molecule has 3 rings (SSSR count). The van der Waals surface area contributed by atoms with E-state index in [0.29, 0.717) is 37.4 Å². The van der Waals surface area contributed by atoms with E-state index in [2.05, 4.69) is 0 Å². The minimum absolute atomic E-state index is 0.313. The fourth-order valence-corrected chi connectivity index (χ4v) is 4.91. The summed E-state index contributed by atoms with van der Waals surface area (Å²) in [5, 5.41) is 9.82. The van der Waals surface area contributed by atoms with Gasteiger partial charge in [0.2, 0.25) is 10.0 Å². The summed E-state index contributed by atoms with van der Waals surface area (Å²) in [6.07, 6.45) is -1.14. The van der Waals surface area contributed by atoms with Gasteiger partial charge in [-0.1, -0.05) is 60.7 Å². The number of hydrogen-bond donors (Lipinski definition) is 1. The maximum absolute atomic E-state index is 13.2. The molecule has 1 aliphatic rings.